The summed E-state index contributed by atoms with van der Waals surface area (Å²) in [7, 11) is -0.602. The molecule has 1 unspecified atom stereocenters. The average Bonchev–Trinajstić information content (AvgIpc) is 2.79. The molecule has 2 rings (SSSR count). The maximum Gasteiger partial charge on any atom is 0.263 e. The number of hydrogen-bond donors (Lipinski definition) is 0. The van der Waals surface area contributed by atoms with Gasteiger partial charge in [0.25, 0.3) is 10.0 Å². The molecule has 2 aromatic rings. The van der Waals surface area contributed by atoms with Gasteiger partial charge in [-0.2, -0.15) is 4.31 Å². The molecule has 0 bridgehead atoms. The van der Waals surface area contributed by atoms with Crippen LogP contribution in [0.1, 0.15) is 18.5 Å². The summed E-state index contributed by atoms with van der Waals surface area (Å²) in [4.78, 5) is 7.79. The van der Waals surface area contributed by atoms with E-state index in [-0.39, 0.29) is 16.2 Å². The Balaban J connectivity index is 2.37. The molecule has 0 spiro atoms. The molecule has 0 aliphatic rings. The number of hydrogen-bond acceptors (Lipinski definition) is 4. The molecule has 20 heavy (non-hydrogen) atoms. The van der Waals surface area contributed by atoms with Crippen LogP contribution >= 0.6 is 11.6 Å². The Bertz CT molecular complexity index is 700. The topological polar surface area (TPSA) is 68.1 Å². The van der Waals surface area contributed by atoms with Gasteiger partial charge in [-0.1, -0.05) is 11.6 Å². The van der Waals surface area contributed by atoms with E-state index in [0.717, 1.165) is 5.56 Å². The lowest BCUT2D eigenvalue weighted by molar-refractivity contribution is 0.396. The summed E-state index contributed by atoms with van der Waals surface area (Å²) in [5.74, 6) is 0. The number of nitrogens with zero attached hydrogens (tertiary/aromatic N) is 4. The normalized spacial score (nSPS) is 13.7. The van der Waals surface area contributed by atoms with E-state index in [4.69, 9.17) is 11.6 Å². The second-order valence-electron chi connectivity index (χ2n) is 4.43. The van der Waals surface area contributed by atoms with Gasteiger partial charge in [0.1, 0.15) is 5.15 Å². The van der Waals surface area contributed by atoms with E-state index in [9.17, 15) is 8.42 Å². The molecule has 6 nitrogen and oxygen atoms in total. The van der Waals surface area contributed by atoms with Crippen LogP contribution < -0.4 is 0 Å². The van der Waals surface area contributed by atoms with Gasteiger partial charge in [0, 0.05) is 32.5 Å². The van der Waals surface area contributed by atoms with Crippen molar-refractivity contribution in [3.8, 4) is 0 Å². The van der Waals surface area contributed by atoms with Gasteiger partial charge < -0.3 is 4.57 Å². The van der Waals surface area contributed by atoms with Crippen molar-refractivity contribution in [1.29, 1.82) is 0 Å². The van der Waals surface area contributed by atoms with E-state index in [2.05, 4.69) is 9.97 Å². The van der Waals surface area contributed by atoms with Crippen LogP contribution in [0.2, 0.25) is 5.15 Å². The van der Waals surface area contributed by atoms with Gasteiger partial charge in [-0.25, -0.2) is 13.4 Å². The monoisotopic (exact) mass is 314 g/mol. The van der Waals surface area contributed by atoms with Gasteiger partial charge in [0.2, 0.25) is 5.03 Å². The molecule has 0 aliphatic heterocycles. The first-order valence-corrected chi connectivity index (χ1v) is 7.72. The lowest BCUT2D eigenvalue weighted by Gasteiger charge is -2.23. The zero-order valence-corrected chi connectivity index (χ0v) is 12.9. The smallest absolute Gasteiger partial charge is 0.263 e. The standard InChI is InChI=1S/C12H15ClN4O2S/c1-9(10-4-6-14-7-5-10)17(3)20(18,19)12-11(13)16(2)8-15-12/h4-9H,1-3H3. The SMILES string of the molecule is CC(c1ccncc1)N(C)S(=O)(=O)c1ncn(C)c1Cl. The molecule has 108 valence electrons. The molecular formula is C12H15ClN4O2S. The molecular weight excluding hydrogens is 300 g/mol. The highest BCUT2D eigenvalue weighted by Gasteiger charge is 2.30. The Morgan fingerprint density at radius 2 is 1.95 bits per heavy atom. The van der Waals surface area contributed by atoms with Crippen LogP contribution in [0.15, 0.2) is 35.9 Å². The zero-order valence-electron chi connectivity index (χ0n) is 11.4. The van der Waals surface area contributed by atoms with Crippen LogP contribution in [0.3, 0.4) is 0 Å². The summed E-state index contributed by atoms with van der Waals surface area (Å²) in [5, 5.41) is -0.0381. The van der Waals surface area contributed by atoms with E-state index in [1.165, 1.54) is 22.2 Å². The summed E-state index contributed by atoms with van der Waals surface area (Å²) in [6.45, 7) is 1.80. The van der Waals surface area contributed by atoms with Crippen molar-refractivity contribution < 1.29 is 8.42 Å². The van der Waals surface area contributed by atoms with Crippen LogP contribution in [0, 0.1) is 0 Å². The molecule has 2 heterocycles. The van der Waals surface area contributed by atoms with Gasteiger partial charge >= 0.3 is 0 Å². The minimum atomic E-state index is -3.75. The fourth-order valence-corrected chi connectivity index (χ4v) is 3.50. The molecule has 0 N–H and O–H groups in total. The zero-order chi connectivity index (χ0) is 14.9. The second-order valence-corrected chi connectivity index (χ2v) is 6.70. The van der Waals surface area contributed by atoms with Crippen LogP contribution in [0.5, 0.6) is 0 Å². The van der Waals surface area contributed by atoms with Gasteiger partial charge in [-0.15, -0.1) is 0 Å². The Labute approximate surface area is 123 Å². The maximum absolute atomic E-state index is 12.5. The van der Waals surface area contributed by atoms with Crippen molar-refractivity contribution in [2.24, 2.45) is 7.05 Å². The van der Waals surface area contributed by atoms with Gasteiger partial charge in [-0.3, -0.25) is 4.98 Å². The minimum absolute atomic E-state index is 0.0961. The van der Waals surface area contributed by atoms with Crippen molar-refractivity contribution in [3.05, 3.63) is 41.6 Å². The molecule has 1 atom stereocenters. The third-order valence-electron chi connectivity index (χ3n) is 3.19. The van der Waals surface area contributed by atoms with Crippen LogP contribution in [0.25, 0.3) is 0 Å². The number of sulfonamides is 1. The van der Waals surface area contributed by atoms with Gasteiger partial charge in [0.15, 0.2) is 0 Å². The number of pyridine rings is 1. The number of halogens is 1. The molecule has 0 saturated carbocycles. The first-order valence-electron chi connectivity index (χ1n) is 5.90. The van der Waals surface area contributed by atoms with Crippen LogP contribution in [-0.4, -0.2) is 34.3 Å². The van der Waals surface area contributed by atoms with Crippen molar-refractivity contribution in [1.82, 2.24) is 18.8 Å². The van der Waals surface area contributed by atoms with Crippen LogP contribution in [0.4, 0.5) is 0 Å². The molecule has 2 aromatic heterocycles. The van der Waals surface area contributed by atoms with E-state index >= 15 is 0 Å². The number of imidazole rings is 1. The summed E-state index contributed by atoms with van der Waals surface area (Å²) < 4.78 is 27.8. The fraction of sp³-hybridized carbons (Fsp3) is 0.333. The van der Waals surface area contributed by atoms with E-state index in [1.807, 2.05) is 0 Å². The third-order valence-corrected chi connectivity index (χ3v) is 5.61. The molecule has 0 fully saturated rings. The van der Waals surface area contributed by atoms with Crippen molar-refractivity contribution in [3.63, 3.8) is 0 Å². The predicted octanol–water partition coefficient (Wildman–Crippen LogP) is 1.85. The molecule has 8 heteroatoms. The molecule has 0 radical (unpaired) electrons. The largest absolute Gasteiger partial charge is 0.324 e. The van der Waals surface area contributed by atoms with Gasteiger partial charge in [-0.05, 0) is 24.6 Å². The van der Waals surface area contributed by atoms with E-state index in [1.54, 1.807) is 38.5 Å². The van der Waals surface area contributed by atoms with Crippen molar-refractivity contribution >= 4 is 21.6 Å². The van der Waals surface area contributed by atoms with Gasteiger partial charge in [0.05, 0.1) is 6.33 Å². The minimum Gasteiger partial charge on any atom is -0.324 e. The van der Waals surface area contributed by atoms with Crippen molar-refractivity contribution in [2.75, 3.05) is 7.05 Å². The van der Waals surface area contributed by atoms with E-state index < -0.39 is 10.0 Å². The molecule has 0 aliphatic carbocycles. The molecule has 0 aromatic carbocycles. The summed E-state index contributed by atoms with van der Waals surface area (Å²) in [6.07, 6.45) is 4.63. The highest BCUT2D eigenvalue weighted by Crippen LogP contribution is 2.28. The first-order chi connectivity index (χ1) is 9.35. The first kappa shape index (κ1) is 15.0. The van der Waals surface area contributed by atoms with E-state index in [0.29, 0.717) is 0 Å². The highest BCUT2D eigenvalue weighted by molar-refractivity contribution is 7.89. The molecule has 0 amide bonds. The predicted molar refractivity (Wildman–Crippen MR) is 75.8 cm³/mol. The fourth-order valence-electron chi connectivity index (χ4n) is 1.76. The summed E-state index contributed by atoms with van der Waals surface area (Å²) >= 11 is 5.97. The Kier molecular flexibility index (Phi) is 4.12. The number of aromatic nitrogens is 3. The molecule has 0 saturated heterocycles. The van der Waals surface area contributed by atoms with Crippen molar-refractivity contribution in [2.45, 2.75) is 18.0 Å². The average molecular weight is 315 g/mol. The maximum atomic E-state index is 12.5. The Morgan fingerprint density at radius 3 is 2.45 bits per heavy atom. The Morgan fingerprint density at radius 1 is 1.35 bits per heavy atom. The quantitative estimate of drug-likeness (QED) is 0.863. The lowest BCUT2D eigenvalue weighted by atomic mass is 10.1. The summed E-state index contributed by atoms with van der Waals surface area (Å²) in [5.41, 5.74) is 0.845. The second kappa shape index (κ2) is 5.51. The lowest BCUT2D eigenvalue weighted by Crippen LogP contribution is -2.30. The highest BCUT2D eigenvalue weighted by atomic mass is 35.5. The van der Waals surface area contributed by atoms with Crippen LogP contribution in [-0.2, 0) is 17.1 Å². The third kappa shape index (κ3) is 2.56. The summed E-state index contributed by atoms with van der Waals surface area (Å²) in [6, 6.07) is 3.20. The number of aryl methyl sites for hydroxylation is 1. The number of rotatable bonds is 4. The Hall–Kier alpha value is -1.44.